The molecule has 4 rings (SSSR count). The van der Waals surface area contributed by atoms with Gasteiger partial charge in [0.05, 0.1) is 7.11 Å². The standard InChI is InChI=1S/C21H23NO4/c1-14-20(26-19-6-4-3-5-18(19)25-14)21(23)22(16-9-10-16)13-15-7-11-17(24-2)12-8-15/h3-8,11-12,14,16,20H,9-10,13H2,1-2H3/t14-,20-/m0/s1. The summed E-state index contributed by atoms with van der Waals surface area (Å²) in [6.45, 7) is 2.46. The molecule has 2 atom stereocenters. The second kappa shape index (κ2) is 6.90. The lowest BCUT2D eigenvalue weighted by atomic mass is 10.1. The normalized spacial score (nSPS) is 21.2. The summed E-state index contributed by atoms with van der Waals surface area (Å²) in [4.78, 5) is 15.2. The van der Waals surface area contributed by atoms with Gasteiger partial charge in [-0.15, -0.1) is 0 Å². The van der Waals surface area contributed by atoms with E-state index in [4.69, 9.17) is 14.2 Å². The van der Waals surface area contributed by atoms with Crippen LogP contribution < -0.4 is 14.2 Å². The average Bonchev–Trinajstić information content (AvgIpc) is 3.50. The van der Waals surface area contributed by atoms with Gasteiger partial charge >= 0.3 is 0 Å². The number of nitrogens with zero attached hydrogens (tertiary/aromatic N) is 1. The van der Waals surface area contributed by atoms with Crippen molar-refractivity contribution in [1.29, 1.82) is 0 Å². The minimum atomic E-state index is -0.622. The Morgan fingerprint density at radius 1 is 1.08 bits per heavy atom. The number of rotatable bonds is 5. The van der Waals surface area contributed by atoms with Crippen molar-refractivity contribution < 1.29 is 19.0 Å². The number of hydrogen-bond donors (Lipinski definition) is 0. The van der Waals surface area contributed by atoms with Gasteiger partial charge in [0.25, 0.3) is 5.91 Å². The van der Waals surface area contributed by atoms with Gasteiger partial charge in [0, 0.05) is 12.6 Å². The fraction of sp³-hybridized carbons (Fsp3) is 0.381. The van der Waals surface area contributed by atoms with Crippen LogP contribution in [0, 0.1) is 0 Å². The van der Waals surface area contributed by atoms with Crippen LogP contribution >= 0.6 is 0 Å². The molecular weight excluding hydrogens is 330 g/mol. The first-order chi connectivity index (χ1) is 12.7. The molecule has 2 aromatic rings. The first-order valence-electron chi connectivity index (χ1n) is 9.01. The lowest BCUT2D eigenvalue weighted by Gasteiger charge is -2.34. The summed E-state index contributed by atoms with van der Waals surface area (Å²) < 4.78 is 17.1. The summed E-state index contributed by atoms with van der Waals surface area (Å²) in [5.41, 5.74) is 1.08. The van der Waals surface area contributed by atoms with Crippen LogP contribution in [0.2, 0.25) is 0 Å². The molecule has 0 aromatic heterocycles. The van der Waals surface area contributed by atoms with Crippen LogP contribution in [0.1, 0.15) is 25.3 Å². The second-order valence-electron chi connectivity index (χ2n) is 6.85. The van der Waals surface area contributed by atoms with E-state index in [1.165, 1.54) is 0 Å². The van der Waals surface area contributed by atoms with Crippen LogP contribution in [0.3, 0.4) is 0 Å². The molecule has 1 heterocycles. The van der Waals surface area contributed by atoms with Crippen molar-refractivity contribution in [2.45, 2.75) is 44.6 Å². The van der Waals surface area contributed by atoms with Crippen molar-refractivity contribution in [3.63, 3.8) is 0 Å². The molecule has 1 amide bonds. The van der Waals surface area contributed by atoms with E-state index in [1.54, 1.807) is 7.11 Å². The molecule has 5 nitrogen and oxygen atoms in total. The minimum Gasteiger partial charge on any atom is -0.497 e. The van der Waals surface area contributed by atoms with E-state index in [0.717, 1.165) is 24.2 Å². The zero-order chi connectivity index (χ0) is 18.1. The first kappa shape index (κ1) is 16.8. The Labute approximate surface area is 153 Å². The summed E-state index contributed by atoms with van der Waals surface area (Å²) in [6, 6.07) is 15.6. The third-order valence-electron chi connectivity index (χ3n) is 4.87. The molecule has 1 saturated carbocycles. The fourth-order valence-corrected chi connectivity index (χ4v) is 3.26. The lowest BCUT2D eigenvalue weighted by Crippen LogP contribution is -2.51. The van der Waals surface area contributed by atoms with Gasteiger partial charge in [-0.2, -0.15) is 0 Å². The van der Waals surface area contributed by atoms with Crippen molar-refractivity contribution in [3.05, 3.63) is 54.1 Å². The van der Waals surface area contributed by atoms with E-state index in [0.29, 0.717) is 18.0 Å². The molecule has 2 aromatic carbocycles. The zero-order valence-electron chi connectivity index (χ0n) is 15.1. The Bertz CT molecular complexity index is 785. The smallest absolute Gasteiger partial charge is 0.268 e. The second-order valence-corrected chi connectivity index (χ2v) is 6.85. The van der Waals surface area contributed by atoms with E-state index in [9.17, 15) is 4.79 Å². The summed E-state index contributed by atoms with van der Waals surface area (Å²) in [5, 5.41) is 0. The van der Waals surface area contributed by atoms with E-state index >= 15 is 0 Å². The molecular formula is C21H23NO4. The van der Waals surface area contributed by atoms with Gasteiger partial charge in [-0.05, 0) is 49.6 Å². The maximum absolute atomic E-state index is 13.2. The SMILES string of the molecule is COc1ccc(CN(C(=O)[C@H]2Oc3ccccc3O[C@H]2C)C2CC2)cc1. The number of carbonyl (C=O) groups is 1. The van der Waals surface area contributed by atoms with Gasteiger partial charge in [0.2, 0.25) is 6.10 Å². The van der Waals surface area contributed by atoms with Gasteiger partial charge in [0.1, 0.15) is 11.9 Å². The molecule has 0 radical (unpaired) electrons. The molecule has 0 N–H and O–H groups in total. The number of benzene rings is 2. The van der Waals surface area contributed by atoms with Crippen LogP contribution in [-0.4, -0.2) is 36.2 Å². The van der Waals surface area contributed by atoms with Crippen LogP contribution in [0.25, 0.3) is 0 Å². The fourth-order valence-electron chi connectivity index (χ4n) is 3.26. The summed E-state index contributed by atoms with van der Waals surface area (Å²) in [5.74, 6) is 2.12. The third-order valence-corrected chi connectivity index (χ3v) is 4.87. The van der Waals surface area contributed by atoms with Crippen LogP contribution in [0.5, 0.6) is 17.2 Å². The number of carbonyl (C=O) groups excluding carboxylic acids is 1. The number of hydrogen-bond acceptors (Lipinski definition) is 4. The first-order valence-corrected chi connectivity index (χ1v) is 9.01. The largest absolute Gasteiger partial charge is 0.497 e. The molecule has 0 unspecified atom stereocenters. The predicted molar refractivity (Wildman–Crippen MR) is 97.5 cm³/mol. The van der Waals surface area contributed by atoms with Crippen molar-refractivity contribution in [2.75, 3.05) is 7.11 Å². The number of para-hydroxylation sites is 2. The highest BCUT2D eigenvalue weighted by Gasteiger charge is 2.41. The number of ether oxygens (including phenoxy) is 3. The van der Waals surface area contributed by atoms with Crippen LogP contribution in [0.15, 0.2) is 48.5 Å². The topological polar surface area (TPSA) is 48.0 Å². The average molecular weight is 353 g/mol. The lowest BCUT2D eigenvalue weighted by molar-refractivity contribution is -0.145. The van der Waals surface area contributed by atoms with Gasteiger partial charge in [-0.25, -0.2) is 0 Å². The van der Waals surface area contributed by atoms with Gasteiger partial charge in [0.15, 0.2) is 11.5 Å². The van der Waals surface area contributed by atoms with E-state index < -0.39 is 6.10 Å². The summed E-state index contributed by atoms with van der Waals surface area (Å²) in [6.07, 6.45) is 1.14. The Balaban J connectivity index is 1.52. The van der Waals surface area contributed by atoms with Gasteiger partial charge < -0.3 is 19.1 Å². The van der Waals surface area contributed by atoms with Gasteiger partial charge in [-0.3, -0.25) is 4.79 Å². The Hall–Kier alpha value is -2.69. The minimum absolute atomic E-state index is 0.00896. The Kier molecular flexibility index (Phi) is 4.45. The van der Waals surface area contributed by atoms with Gasteiger partial charge in [-0.1, -0.05) is 24.3 Å². The molecule has 1 aliphatic carbocycles. The molecule has 1 aliphatic heterocycles. The molecule has 1 fully saturated rings. The zero-order valence-corrected chi connectivity index (χ0v) is 15.1. The van der Waals surface area contributed by atoms with Crippen molar-refractivity contribution in [1.82, 2.24) is 4.90 Å². The van der Waals surface area contributed by atoms with Crippen molar-refractivity contribution >= 4 is 5.91 Å². The highest BCUT2D eigenvalue weighted by molar-refractivity contribution is 5.83. The van der Waals surface area contributed by atoms with Crippen molar-refractivity contribution in [3.8, 4) is 17.2 Å². The molecule has 2 aliphatic rings. The monoisotopic (exact) mass is 353 g/mol. The molecule has 5 heteroatoms. The Morgan fingerprint density at radius 2 is 1.73 bits per heavy atom. The number of methoxy groups -OCH3 is 1. The molecule has 26 heavy (non-hydrogen) atoms. The maximum atomic E-state index is 13.2. The van der Waals surface area contributed by atoms with E-state index in [1.807, 2.05) is 60.4 Å². The maximum Gasteiger partial charge on any atom is 0.268 e. The summed E-state index contributed by atoms with van der Waals surface area (Å²) in [7, 11) is 1.65. The molecule has 0 spiro atoms. The number of amides is 1. The molecule has 0 bridgehead atoms. The highest BCUT2D eigenvalue weighted by Crippen LogP contribution is 2.36. The van der Waals surface area contributed by atoms with Crippen LogP contribution in [-0.2, 0) is 11.3 Å². The summed E-state index contributed by atoms with van der Waals surface area (Å²) >= 11 is 0. The van der Waals surface area contributed by atoms with Crippen molar-refractivity contribution in [2.24, 2.45) is 0 Å². The van der Waals surface area contributed by atoms with Crippen LogP contribution in [0.4, 0.5) is 0 Å². The third kappa shape index (κ3) is 3.34. The Morgan fingerprint density at radius 3 is 2.35 bits per heavy atom. The van der Waals surface area contributed by atoms with E-state index in [2.05, 4.69) is 0 Å². The van der Waals surface area contributed by atoms with E-state index in [-0.39, 0.29) is 18.1 Å². The molecule has 136 valence electrons. The highest BCUT2D eigenvalue weighted by atomic mass is 16.6. The quantitative estimate of drug-likeness (QED) is 0.826. The molecule has 0 saturated heterocycles. The predicted octanol–water partition coefficient (Wildman–Crippen LogP) is 3.41. The number of fused-ring (bicyclic) bond motifs is 1.